The number of rotatable bonds is 5. The number of hydrogen-bond acceptors (Lipinski definition) is 3. The lowest BCUT2D eigenvalue weighted by Gasteiger charge is -2.11. The van der Waals surface area contributed by atoms with Crippen LogP contribution in [0.5, 0.6) is 5.75 Å². The third-order valence-electron chi connectivity index (χ3n) is 1.81. The second-order valence-corrected chi connectivity index (χ2v) is 4.15. The molecule has 0 aromatic heterocycles. The van der Waals surface area contributed by atoms with Gasteiger partial charge in [-0.2, -0.15) is 0 Å². The fourth-order valence-corrected chi connectivity index (χ4v) is 1.50. The lowest BCUT2D eigenvalue weighted by atomic mass is 10.3. The molecule has 0 radical (unpaired) electrons. The molecule has 0 saturated carbocycles. The van der Waals surface area contributed by atoms with Crippen molar-refractivity contribution in [2.45, 2.75) is 6.10 Å². The van der Waals surface area contributed by atoms with Crippen molar-refractivity contribution in [3.05, 3.63) is 28.2 Å². The standard InChI is InChI=1S/C10H13Cl2N3O2/c11-6-1-2-9(8(12)3-6)17-5-7(16)4-15-10(13)14/h1-3,7,16H,4-5H2,(H4,13,14,15). The van der Waals surface area contributed by atoms with E-state index in [2.05, 4.69) is 4.99 Å². The van der Waals surface area contributed by atoms with Crippen LogP contribution in [0, 0.1) is 0 Å². The van der Waals surface area contributed by atoms with Crippen LogP contribution in [-0.4, -0.2) is 30.3 Å². The highest BCUT2D eigenvalue weighted by atomic mass is 35.5. The molecule has 0 aliphatic carbocycles. The third-order valence-corrected chi connectivity index (χ3v) is 2.34. The summed E-state index contributed by atoms with van der Waals surface area (Å²) in [6, 6.07) is 4.82. The molecular weight excluding hydrogens is 265 g/mol. The van der Waals surface area contributed by atoms with Gasteiger partial charge in [0.2, 0.25) is 0 Å². The SMILES string of the molecule is NC(N)=NCC(O)COc1ccc(Cl)cc1Cl. The Balaban J connectivity index is 2.47. The van der Waals surface area contributed by atoms with Gasteiger partial charge in [0.1, 0.15) is 18.5 Å². The highest BCUT2D eigenvalue weighted by Crippen LogP contribution is 2.27. The molecule has 0 fully saturated rings. The van der Waals surface area contributed by atoms with Crippen LogP contribution in [0.4, 0.5) is 0 Å². The molecule has 0 aliphatic rings. The maximum absolute atomic E-state index is 9.49. The van der Waals surface area contributed by atoms with Gasteiger partial charge in [-0.15, -0.1) is 0 Å². The van der Waals surface area contributed by atoms with E-state index in [0.29, 0.717) is 15.8 Å². The molecule has 5 nitrogen and oxygen atoms in total. The molecule has 5 N–H and O–H groups in total. The summed E-state index contributed by atoms with van der Waals surface area (Å²) >= 11 is 11.6. The number of aliphatic hydroxyl groups is 1. The first kappa shape index (κ1) is 13.9. The van der Waals surface area contributed by atoms with Crippen LogP contribution < -0.4 is 16.2 Å². The van der Waals surface area contributed by atoms with Crippen molar-refractivity contribution >= 4 is 29.2 Å². The predicted molar refractivity (Wildman–Crippen MR) is 68.6 cm³/mol. The maximum Gasteiger partial charge on any atom is 0.186 e. The minimum atomic E-state index is -0.802. The molecule has 0 aliphatic heterocycles. The Kier molecular flexibility index (Phi) is 5.34. The summed E-state index contributed by atoms with van der Waals surface area (Å²) in [5.41, 5.74) is 10.3. The second-order valence-electron chi connectivity index (χ2n) is 3.31. The van der Waals surface area contributed by atoms with Gasteiger partial charge < -0.3 is 21.3 Å². The quantitative estimate of drug-likeness (QED) is 0.553. The monoisotopic (exact) mass is 277 g/mol. The highest BCUT2D eigenvalue weighted by Gasteiger charge is 2.07. The minimum Gasteiger partial charge on any atom is -0.489 e. The summed E-state index contributed by atoms with van der Waals surface area (Å²) < 4.78 is 5.29. The average molecular weight is 278 g/mol. The zero-order valence-corrected chi connectivity index (χ0v) is 10.4. The number of aliphatic hydroxyl groups excluding tert-OH is 1. The molecule has 0 spiro atoms. The van der Waals surface area contributed by atoms with Gasteiger partial charge in [0.05, 0.1) is 11.6 Å². The van der Waals surface area contributed by atoms with Crippen molar-refractivity contribution in [3.63, 3.8) is 0 Å². The van der Waals surface area contributed by atoms with Crippen molar-refractivity contribution in [3.8, 4) is 5.75 Å². The number of aliphatic imine (C=N–C) groups is 1. The molecule has 1 aromatic carbocycles. The van der Waals surface area contributed by atoms with Crippen molar-refractivity contribution in [1.29, 1.82) is 0 Å². The molecule has 7 heteroatoms. The molecule has 0 heterocycles. The van der Waals surface area contributed by atoms with Crippen LogP contribution in [0.25, 0.3) is 0 Å². The lowest BCUT2D eigenvalue weighted by Crippen LogP contribution is -2.27. The molecule has 1 atom stereocenters. The molecule has 17 heavy (non-hydrogen) atoms. The van der Waals surface area contributed by atoms with Crippen molar-refractivity contribution in [1.82, 2.24) is 0 Å². The van der Waals surface area contributed by atoms with E-state index >= 15 is 0 Å². The van der Waals surface area contributed by atoms with E-state index < -0.39 is 6.10 Å². The fraction of sp³-hybridized carbons (Fsp3) is 0.300. The number of hydrogen-bond donors (Lipinski definition) is 3. The summed E-state index contributed by atoms with van der Waals surface area (Å²) in [5, 5.41) is 10.4. The summed E-state index contributed by atoms with van der Waals surface area (Å²) in [7, 11) is 0. The van der Waals surface area contributed by atoms with Crippen LogP contribution in [0.3, 0.4) is 0 Å². The van der Waals surface area contributed by atoms with Gasteiger partial charge in [-0.05, 0) is 18.2 Å². The number of nitrogens with zero attached hydrogens (tertiary/aromatic N) is 1. The van der Waals surface area contributed by atoms with Crippen LogP contribution in [-0.2, 0) is 0 Å². The van der Waals surface area contributed by atoms with E-state index in [-0.39, 0.29) is 19.1 Å². The minimum absolute atomic E-state index is 0.0398. The third kappa shape index (κ3) is 5.12. The van der Waals surface area contributed by atoms with E-state index in [1.54, 1.807) is 18.2 Å². The Hall–Kier alpha value is -1.17. The smallest absolute Gasteiger partial charge is 0.186 e. The summed E-state index contributed by atoms with van der Waals surface area (Å²) in [6.45, 7) is 0.117. The zero-order chi connectivity index (χ0) is 12.8. The number of ether oxygens (including phenoxy) is 1. The van der Waals surface area contributed by atoms with Gasteiger partial charge in [0.25, 0.3) is 0 Å². The van der Waals surface area contributed by atoms with E-state index in [1.807, 2.05) is 0 Å². The van der Waals surface area contributed by atoms with E-state index in [1.165, 1.54) is 0 Å². The number of guanidine groups is 1. The topological polar surface area (TPSA) is 93.9 Å². The Morgan fingerprint density at radius 2 is 2.12 bits per heavy atom. The normalized spacial score (nSPS) is 11.9. The Morgan fingerprint density at radius 1 is 1.41 bits per heavy atom. The first-order chi connectivity index (χ1) is 7.99. The zero-order valence-electron chi connectivity index (χ0n) is 8.94. The van der Waals surface area contributed by atoms with Gasteiger partial charge in [-0.3, -0.25) is 4.99 Å². The fourth-order valence-electron chi connectivity index (χ4n) is 1.04. The summed E-state index contributed by atoms with van der Waals surface area (Å²) in [4.78, 5) is 3.66. The molecule has 0 bridgehead atoms. The molecule has 1 rings (SSSR count). The molecular formula is C10H13Cl2N3O2. The van der Waals surface area contributed by atoms with E-state index in [9.17, 15) is 5.11 Å². The largest absolute Gasteiger partial charge is 0.489 e. The van der Waals surface area contributed by atoms with Crippen LogP contribution >= 0.6 is 23.2 Å². The maximum atomic E-state index is 9.49. The van der Waals surface area contributed by atoms with Gasteiger partial charge >= 0.3 is 0 Å². The number of benzene rings is 1. The van der Waals surface area contributed by atoms with Crippen molar-refractivity contribution < 1.29 is 9.84 Å². The van der Waals surface area contributed by atoms with Gasteiger partial charge in [0, 0.05) is 5.02 Å². The Morgan fingerprint density at radius 3 is 2.71 bits per heavy atom. The number of nitrogens with two attached hydrogens (primary N) is 2. The van der Waals surface area contributed by atoms with E-state index in [0.717, 1.165) is 0 Å². The van der Waals surface area contributed by atoms with Crippen LogP contribution in [0.2, 0.25) is 10.0 Å². The van der Waals surface area contributed by atoms with Gasteiger partial charge in [-0.1, -0.05) is 23.2 Å². The van der Waals surface area contributed by atoms with Crippen molar-refractivity contribution in [2.75, 3.05) is 13.2 Å². The summed E-state index contributed by atoms with van der Waals surface area (Å²) in [6.07, 6.45) is -0.802. The van der Waals surface area contributed by atoms with Crippen LogP contribution in [0.15, 0.2) is 23.2 Å². The first-order valence-electron chi connectivity index (χ1n) is 4.80. The van der Waals surface area contributed by atoms with Gasteiger partial charge in [0.15, 0.2) is 5.96 Å². The molecule has 0 saturated heterocycles. The summed E-state index contributed by atoms with van der Waals surface area (Å²) in [5.74, 6) is 0.369. The molecule has 0 amide bonds. The lowest BCUT2D eigenvalue weighted by molar-refractivity contribution is 0.114. The number of halogens is 2. The second kappa shape index (κ2) is 6.54. The van der Waals surface area contributed by atoms with Gasteiger partial charge in [-0.25, -0.2) is 0 Å². The molecule has 94 valence electrons. The van der Waals surface area contributed by atoms with E-state index in [4.69, 9.17) is 39.4 Å². The molecule has 1 aromatic rings. The average Bonchev–Trinajstić information content (AvgIpc) is 2.25. The first-order valence-corrected chi connectivity index (χ1v) is 5.56. The van der Waals surface area contributed by atoms with Crippen LogP contribution in [0.1, 0.15) is 0 Å². The Bertz CT molecular complexity index is 409. The predicted octanol–water partition coefficient (Wildman–Crippen LogP) is 1.01. The molecule has 1 unspecified atom stereocenters. The van der Waals surface area contributed by atoms with Crippen molar-refractivity contribution in [2.24, 2.45) is 16.5 Å². The highest BCUT2D eigenvalue weighted by molar-refractivity contribution is 6.35. The Labute approximate surface area is 109 Å².